The second-order valence-corrected chi connectivity index (χ2v) is 6.11. The van der Waals surface area contributed by atoms with Gasteiger partial charge in [-0.3, -0.25) is 4.79 Å². The van der Waals surface area contributed by atoms with E-state index in [1.54, 1.807) is 6.92 Å². The number of ether oxygens (including phenoxy) is 1. The molecule has 0 atom stereocenters. The molecule has 0 aliphatic heterocycles. The maximum absolute atomic E-state index is 11.7. The lowest BCUT2D eigenvalue weighted by atomic mass is 9.78. The van der Waals surface area contributed by atoms with Gasteiger partial charge in [-0.1, -0.05) is 0 Å². The lowest BCUT2D eigenvalue weighted by molar-refractivity contribution is -0.142. The van der Waals surface area contributed by atoms with Crippen LogP contribution in [0.4, 0.5) is 0 Å². The summed E-state index contributed by atoms with van der Waals surface area (Å²) in [7, 11) is -3.54. The molecule has 7 heteroatoms. The van der Waals surface area contributed by atoms with E-state index in [9.17, 15) is 13.2 Å². The molecule has 100 valence electrons. The van der Waals surface area contributed by atoms with E-state index in [-0.39, 0.29) is 25.4 Å². The quantitative estimate of drug-likeness (QED) is 0.620. The van der Waals surface area contributed by atoms with Gasteiger partial charge in [0.15, 0.2) is 0 Å². The van der Waals surface area contributed by atoms with Crippen LogP contribution in [0.3, 0.4) is 0 Å². The van der Waals surface area contributed by atoms with Crippen LogP contribution >= 0.6 is 0 Å². The van der Waals surface area contributed by atoms with Crippen molar-refractivity contribution in [2.75, 3.05) is 19.0 Å². The van der Waals surface area contributed by atoms with Crippen molar-refractivity contribution >= 4 is 16.0 Å². The van der Waals surface area contributed by atoms with Crippen LogP contribution in [0.1, 0.15) is 32.6 Å². The number of sulfonamides is 1. The van der Waals surface area contributed by atoms with E-state index < -0.39 is 21.5 Å². The minimum atomic E-state index is -3.54. The molecule has 0 aromatic heterocycles. The number of aliphatic hydroxyl groups is 1. The smallest absolute Gasteiger partial charge is 0.306 e. The van der Waals surface area contributed by atoms with Gasteiger partial charge in [-0.15, -0.1) is 0 Å². The average Bonchev–Trinajstić information content (AvgIpc) is 2.22. The molecule has 0 saturated heterocycles. The highest BCUT2D eigenvalue weighted by molar-refractivity contribution is 7.89. The van der Waals surface area contributed by atoms with Crippen LogP contribution in [0.25, 0.3) is 0 Å². The highest BCUT2D eigenvalue weighted by Crippen LogP contribution is 2.31. The van der Waals surface area contributed by atoms with Gasteiger partial charge in [0, 0.05) is 0 Å². The topological polar surface area (TPSA) is 92.7 Å². The molecule has 2 N–H and O–H groups in total. The predicted octanol–water partition coefficient (Wildman–Crippen LogP) is -0.226. The van der Waals surface area contributed by atoms with Crippen molar-refractivity contribution in [1.29, 1.82) is 0 Å². The fourth-order valence-electron chi connectivity index (χ4n) is 1.73. The molecule has 0 aromatic rings. The van der Waals surface area contributed by atoms with E-state index in [0.717, 1.165) is 6.42 Å². The van der Waals surface area contributed by atoms with E-state index in [2.05, 4.69) is 9.46 Å². The van der Waals surface area contributed by atoms with Crippen LogP contribution < -0.4 is 4.72 Å². The summed E-state index contributed by atoms with van der Waals surface area (Å²) in [4.78, 5) is 11.0. The third-order valence-electron chi connectivity index (χ3n) is 2.87. The Morgan fingerprint density at radius 3 is 2.53 bits per heavy atom. The van der Waals surface area contributed by atoms with Gasteiger partial charge in [0.05, 0.1) is 30.9 Å². The molecule has 0 unspecified atom stereocenters. The summed E-state index contributed by atoms with van der Waals surface area (Å²) in [5.41, 5.74) is -0.701. The predicted molar refractivity (Wildman–Crippen MR) is 61.8 cm³/mol. The van der Waals surface area contributed by atoms with Gasteiger partial charge in [-0.05, 0) is 26.2 Å². The molecule has 0 bridgehead atoms. The van der Waals surface area contributed by atoms with E-state index in [1.165, 1.54) is 0 Å². The first kappa shape index (κ1) is 14.4. The molecule has 0 heterocycles. The summed E-state index contributed by atoms with van der Waals surface area (Å²) in [5.74, 6) is -0.822. The van der Waals surface area contributed by atoms with Crippen molar-refractivity contribution < 1.29 is 23.1 Å². The van der Waals surface area contributed by atoms with Crippen molar-refractivity contribution in [3.05, 3.63) is 0 Å². The molecule has 6 nitrogen and oxygen atoms in total. The molecule has 1 aliphatic carbocycles. The summed E-state index contributed by atoms with van der Waals surface area (Å²) in [6, 6.07) is 0. The summed E-state index contributed by atoms with van der Waals surface area (Å²) >= 11 is 0. The zero-order valence-electron chi connectivity index (χ0n) is 9.94. The highest BCUT2D eigenvalue weighted by Gasteiger charge is 2.39. The Morgan fingerprint density at radius 1 is 1.47 bits per heavy atom. The number of aliphatic hydroxyl groups excluding tert-OH is 1. The minimum absolute atomic E-state index is 0.162. The molecule has 0 spiro atoms. The zero-order chi connectivity index (χ0) is 12.9. The van der Waals surface area contributed by atoms with Crippen LogP contribution in [0, 0.1) is 0 Å². The molecular formula is C10H19NO5S. The number of rotatable bonds is 7. The van der Waals surface area contributed by atoms with Crippen molar-refractivity contribution in [2.24, 2.45) is 0 Å². The van der Waals surface area contributed by atoms with Crippen LogP contribution in [-0.2, 0) is 19.6 Å². The van der Waals surface area contributed by atoms with E-state index in [1.807, 2.05) is 0 Å². The second-order valence-electron chi connectivity index (χ2n) is 4.27. The Kier molecular flexibility index (Phi) is 4.91. The Bertz CT molecular complexity index is 355. The van der Waals surface area contributed by atoms with Gasteiger partial charge < -0.3 is 9.84 Å². The van der Waals surface area contributed by atoms with Gasteiger partial charge in [0.1, 0.15) is 0 Å². The van der Waals surface area contributed by atoms with Crippen LogP contribution in [0.2, 0.25) is 0 Å². The Hall–Kier alpha value is -0.660. The van der Waals surface area contributed by atoms with Crippen molar-refractivity contribution in [3.63, 3.8) is 0 Å². The fourth-order valence-corrected chi connectivity index (χ4v) is 3.19. The number of carbonyl (C=O) groups is 1. The third-order valence-corrected chi connectivity index (χ3v) is 4.35. The van der Waals surface area contributed by atoms with Gasteiger partial charge in [0.2, 0.25) is 10.0 Å². The summed E-state index contributed by atoms with van der Waals surface area (Å²) in [5, 5.41) is 9.14. The number of nitrogens with one attached hydrogen (secondary N) is 1. The largest absolute Gasteiger partial charge is 0.466 e. The Morgan fingerprint density at radius 2 is 2.12 bits per heavy atom. The number of carbonyl (C=O) groups excluding carboxylic acids is 1. The summed E-state index contributed by atoms with van der Waals surface area (Å²) in [6.45, 7) is 1.71. The minimum Gasteiger partial charge on any atom is -0.466 e. The molecule has 0 radical (unpaired) electrons. The summed E-state index contributed by atoms with van der Waals surface area (Å²) in [6.07, 6.45) is 2.02. The lowest BCUT2D eigenvalue weighted by Crippen LogP contribution is -2.56. The number of hydrogen-bond acceptors (Lipinski definition) is 5. The standard InChI is InChI=1S/C10H19NO5S/c1-2-16-9(13)4-7-17(14,15)11-10(8-12)5-3-6-10/h11-12H,2-8H2,1H3. The molecule has 1 aliphatic rings. The third kappa shape index (κ3) is 4.25. The van der Waals surface area contributed by atoms with Gasteiger partial charge in [0.25, 0.3) is 0 Å². The van der Waals surface area contributed by atoms with Crippen molar-refractivity contribution in [3.8, 4) is 0 Å². The van der Waals surface area contributed by atoms with Crippen LogP contribution in [-0.4, -0.2) is 44.0 Å². The average molecular weight is 265 g/mol. The van der Waals surface area contributed by atoms with Gasteiger partial charge in [-0.2, -0.15) is 0 Å². The van der Waals surface area contributed by atoms with E-state index >= 15 is 0 Å². The first-order valence-electron chi connectivity index (χ1n) is 5.71. The van der Waals surface area contributed by atoms with Gasteiger partial charge >= 0.3 is 5.97 Å². The fraction of sp³-hybridized carbons (Fsp3) is 0.900. The van der Waals surface area contributed by atoms with Crippen LogP contribution in [0.5, 0.6) is 0 Å². The first-order valence-corrected chi connectivity index (χ1v) is 7.36. The molecule has 1 fully saturated rings. The lowest BCUT2D eigenvalue weighted by Gasteiger charge is -2.40. The molecule has 1 saturated carbocycles. The molecular weight excluding hydrogens is 246 g/mol. The summed E-state index contributed by atoms with van der Waals surface area (Å²) < 4.78 is 30.5. The molecule has 1 rings (SSSR count). The maximum atomic E-state index is 11.7. The number of esters is 1. The first-order chi connectivity index (χ1) is 7.93. The Balaban J connectivity index is 2.43. The second kappa shape index (κ2) is 5.79. The monoisotopic (exact) mass is 265 g/mol. The zero-order valence-corrected chi connectivity index (χ0v) is 10.8. The highest BCUT2D eigenvalue weighted by atomic mass is 32.2. The molecule has 17 heavy (non-hydrogen) atoms. The van der Waals surface area contributed by atoms with Crippen molar-refractivity contribution in [2.45, 2.75) is 38.1 Å². The molecule has 0 aromatic carbocycles. The van der Waals surface area contributed by atoms with E-state index in [4.69, 9.17) is 5.11 Å². The Labute approximate surface area is 101 Å². The van der Waals surface area contributed by atoms with Crippen molar-refractivity contribution in [1.82, 2.24) is 4.72 Å². The normalized spacial score (nSPS) is 18.5. The van der Waals surface area contributed by atoms with Gasteiger partial charge in [-0.25, -0.2) is 13.1 Å². The number of hydrogen-bond donors (Lipinski definition) is 2. The van der Waals surface area contributed by atoms with E-state index in [0.29, 0.717) is 12.8 Å². The molecule has 0 amide bonds. The maximum Gasteiger partial charge on any atom is 0.306 e. The SMILES string of the molecule is CCOC(=O)CCS(=O)(=O)NC1(CO)CCC1. The van der Waals surface area contributed by atoms with Crippen LogP contribution in [0.15, 0.2) is 0 Å².